The molecule has 39 heavy (non-hydrogen) atoms. The van der Waals surface area contributed by atoms with E-state index < -0.39 is 5.41 Å². The lowest BCUT2D eigenvalue weighted by Gasteiger charge is -2.34. The third-order valence-corrected chi connectivity index (χ3v) is 7.92. The Morgan fingerprint density at radius 1 is 0.436 bits per heavy atom. The maximum absolute atomic E-state index is 6.59. The van der Waals surface area contributed by atoms with Crippen molar-refractivity contribution in [2.75, 3.05) is 0 Å². The maximum Gasteiger partial charge on any atom is 0.170 e. The number of fused-ring (bicyclic) bond motifs is 5. The Labute approximate surface area is 227 Å². The van der Waals surface area contributed by atoms with Crippen molar-refractivity contribution in [3.63, 3.8) is 0 Å². The van der Waals surface area contributed by atoms with Crippen LogP contribution in [0.3, 0.4) is 0 Å². The molecule has 0 N–H and O–H groups in total. The van der Waals surface area contributed by atoms with Crippen molar-refractivity contribution < 1.29 is 9.47 Å². The van der Waals surface area contributed by atoms with Crippen LogP contribution in [0.2, 0.25) is 0 Å². The van der Waals surface area contributed by atoms with Crippen molar-refractivity contribution >= 4 is 0 Å². The first-order chi connectivity index (χ1) is 19.3. The maximum atomic E-state index is 6.59. The van der Waals surface area contributed by atoms with E-state index in [9.17, 15) is 0 Å². The van der Waals surface area contributed by atoms with Gasteiger partial charge in [0.2, 0.25) is 0 Å². The number of ether oxygens (including phenoxy) is 2. The van der Waals surface area contributed by atoms with Gasteiger partial charge in [-0.3, -0.25) is 4.98 Å². The number of hydrogen-bond acceptors (Lipinski definition) is 3. The van der Waals surface area contributed by atoms with Crippen LogP contribution in [-0.4, -0.2) is 4.98 Å². The van der Waals surface area contributed by atoms with Crippen LogP contribution in [0.4, 0.5) is 0 Å². The highest BCUT2D eigenvalue weighted by Crippen LogP contribution is 2.59. The Morgan fingerprint density at radius 2 is 1.05 bits per heavy atom. The fraction of sp³-hybridized carbons (Fsp3) is 0.0278. The Kier molecular flexibility index (Phi) is 4.74. The molecule has 0 fully saturated rings. The van der Waals surface area contributed by atoms with Crippen LogP contribution < -0.4 is 9.47 Å². The van der Waals surface area contributed by atoms with Crippen LogP contribution in [0.15, 0.2) is 140 Å². The summed E-state index contributed by atoms with van der Waals surface area (Å²) in [6.07, 6.45) is 3.60. The number of hydrogen-bond donors (Lipinski definition) is 0. The molecule has 6 aromatic rings. The molecule has 3 heteroatoms. The lowest BCUT2D eigenvalue weighted by atomic mass is 9.67. The second-order valence-corrected chi connectivity index (χ2v) is 9.97. The van der Waals surface area contributed by atoms with Crippen molar-refractivity contribution in [1.29, 1.82) is 0 Å². The summed E-state index contributed by atoms with van der Waals surface area (Å²) in [5, 5.41) is 0. The van der Waals surface area contributed by atoms with E-state index in [0.29, 0.717) is 11.5 Å². The Morgan fingerprint density at radius 3 is 1.79 bits per heavy atom. The van der Waals surface area contributed by atoms with Gasteiger partial charge in [-0.2, -0.15) is 0 Å². The van der Waals surface area contributed by atoms with E-state index in [2.05, 4.69) is 108 Å². The smallest absolute Gasteiger partial charge is 0.170 e. The summed E-state index contributed by atoms with van der Waals surface area (Å²) in [4.78, 5) is 4.15. The van der Waals surface area contributed by atoms with Gasteiger partial charge < -0.3 is 9.47 Å². The van der Waals surface area contributed by atoms with E-state index in [1.807, 2.05) is 24.3 Å². The zero-order valence-electron chi connectivity index (χ0n) is 21.0. The van der Waals surface area contributed by atoms with Gasteiger partial charge in [0, 0.05) is 12.4 Å². The van der Waals surface area contributed by atoms with Gasteiger partial charge in [0.15, 0.2) is 23.0 Å². The minimum Gasteiger partial charge on any atom is -0.449 e. The Hall–Kier alpha value is -5.15. The van der Waals surface area contributed by atoms with E-state index in [1.165, 1.54) is 27.8 Å². The summed E-state index contributed by atoms with van der Waals surface area (Å²) >= 11 is 0. The molecule has 1 aromatic heterocycles. The zero-order valence-corrected chi connectivity index (χ0v) is 21.0. The summed E-state index contributed by atoms with van der Waals surface area (Å²) in [6.45, 7) is 0. The third kappa shape index (κ3) is 3.20. The topological polar surface area (TPSA) is 31.4 Å². The molecule has 0 radical (unpaired) electrons. The van der Waals surface area contributed by atoms with Crippen LogP contribution in [0.1, 0.15) is 22.3 Å². The number of benzene rings is 5. The average Bonchev–Trinajstić information content (AvgIpc) is 3.30. The van der Waals surface area contributed by atoms with Crippen molar-refractivity contribution in [3.05, 3.63) is 162 Å². The zero-order chi connectivity index (χ0) is 25.8. The SMILES string of the molecule is c1ccc(C2(c3ccccc3)c3ccccc3-c3cc4c(cc32)Oc2cc(-c3ccncc3)ccc2O4)cc1. The predicted molar refractivity (Wildman–Crippen MR) is 154 cm³/mol. The highest BCUT2D eigenvalue weighted by Gasteiger charge is 2.47. The van der Waals surface area contributed by atoms with Crippen LogP contribution in [0.5, 0.6) is 23.0 Å². The standard InChI is InChI=1S/C36H23NO2/c1-3-9-26(10-4-1)36(27-11-5-2-6-12-27)30-14-8-7-13-28(30)29-22-34-35(23-31(29)36)39-33-21-25(15-16-32(33)38-34)24-17-19-37-20-18-24/h1-23H. The van der Waals surface area contributed by atoms with E-state index in [0.717, 1.165) is 28.2 Å². The van der Waals surface area contributed by atoms with Crippen LogP contribution in [-0.2, 0) is 5.41 Å². The van der Waals surface area contributed by atoms with Crippen molar-refractivity contribution in [2.24, 2.45) is 0 Å². The summed E-state index contributed by atoms with van der Waals surface area (Å²) in [7, 11) is 0. The van der Waals surface area contributed by atoms with E-state index in [-0.39, 0.29) is 0 Å². The molecule has 5 aromatic carbocycles. The Bertz CT molecular complexity index is 1810. The first kappa shape index (κ1) is 21.9. The van der Waals surface area contributed by atoms with Crippen molar-refractivity contribution in [3.8, 4) is 45.3 Å². The molecule has 2 aliphatic rings. The third-order valence-electron chi connectivity index (χ3n) is 7.92. The molecule has 184 valence electrons. The van der Waals surface area contributed by atoms with Gasteiger partial charge >= 0.3 is 0 Å². The first-order valence-corrected chi connectivity index (χ1v) is 13.1. The van der Waals surface area contributed by atoms with Gasteiger partial charge in [0.25, 0.3) is 0 Å². The Balaban J connectivity index is 1.35. The molecule has 0 saturated heterocycles. The number of pyridine rings is 1. The molecule has 1 aliphatic carbocycles. The number of rotatable bonds is 3. The fourth-order valence-electron chi connectivity index (χ4n) is 6.24. The van der Waals surface area contributed by atoms with Crippen LogP contribution in [0, 0.1) is 0 Å². The van der Waals surface area contributed by atoms with E-state index in [1.54, 1.807) is 12.4 Å². The van der Waals surface area contributed by atoms with Gasteiger partial charge in [0.05, 0.1) is 5.41 Å². The quantitative estimate of drug-likeness (QED) is 0.242. The van der Waals surface area contributed by atoms with Crippen LogP contribution >= 0.6 is 0 Å². The molecular formula is C36H23NO2. The molecule has 8 rings (SSSR count). The molecular weight excluding hydrogens is 478 g/mol. The number of aromatic nitrogens is 1. The molecule has 0 bridgehead atoms. The molecule has 0 atom stereocenters. The lowest BCUT2D eigenvalue weighted by Crippen LogP contribution is -2.28. The van der Waals surface area contributed by atoms with Crippen molar-refractivity contribution in [1.82, 2.24) is 4.98 Å². The summed E-state index contributed by atoms with van der Waals surface area (Å²) in [6, 6.07) is 44.7. The fourth-order valence-corrected chi connectivity index (χ4v) is 6.24. The van der Waals surface area contributed by atoms with Crippen LogP contribution in [0.25, 0.3) is 22.3 Å². The molecule has 2 heterocycles. The largest absolute Gasteiger partial charge is 0.449 e. The van der Waals surface area contributed by atoms with Gasteiger partial charge in [-0.15, -0.1) is 0 Å². The lowest BCUT2D eigenvalue weighted by molar-refractivity contribution is 0.359. The van der Waals surface area contributed by atoms with E-state index in [4.69, 9.17) is 9.47 Å². The molecule has 0 amide bonds. The van der Waals surface area contributed by atoms with Gasteiger partial charge in [-0.25, -0.2) is 0 Å². The van der Waals surface area contributed by atoms with E-state index >= 15 is 0 Å². The molecule has 3 nitrogen and oxygen atoms in total. The highest BCUT2D eigenvalue weighted by molar-refractivity contribution is 5.88. The highest BCUT2D eigenvalue weighted by atomic mass is 16.6. The average molecular weight is 502 g/mol. The summed E-state index contributed by atoms with van der Waals surface area (Å²) in [5.41, 5.74) is 8.93. The minimum absolute atomic E-state index is 0.480. The van der Waals surface area contributed by atoms with Gasteiger partial charge in [-0.1, -0.05) is 91.0 Å². The molecule has 0 spiro atoms. The first-order valence-electron chi connectivity index (χ1n) is 13.1. The molecule has 0 saturated carbocycles. The summed E-state index contributed by atoms with van der Waals surface area (Å²) < 4.78 is 13.0. The van der Waals surface area contributed by atoms with Gasteiger partial charge in [-0.05, 0) is 80.9 Å². The molecule has 0 unspecified atom stereocenters. The molecule has 1 aliphatic heterocycles. The predicted octanol–water partition coefficient (Wildman–Crippen LogP) is 9.01. The van der Waals surface area contributed by atoms with Crippen molar-refractivity contribution in [2.45, 2.75) is 5.41 Å². The summed E-state index contributed by atoms with van der Waals surface area (Å²) in [5.74, 6) is 2.86. The number of nitrogens with zero attached hydrogens (tertiary/aromatic N) is 1. The second-order valence-electron chi connectivity index (χ2n) is 9.97. The minimum atomic E-state index is -0.480. The van der Waals surface area contributed by atoms with Gasteiger partial charge in [0.1, 0.15) is 0 Å². The second kappa shape index (κ2) is 8.44. The monoisotopic (exact) mass is 501 g/mol. The normalized spacial score (nSPS) is 13.7.